The van der Waals surface area contributed by atoms with Crippen molar-refractivity contribution in [2.75, 3.05) is 53.2 Å². The van der Waals surface area contributed by atoms with Crippen LogP contribution in [0.1, 0.15) is 24.0 Å². The molecule has 0 aromatic heterocycles. The Balaban J connectivity index is 0.985. The average molecular weight is 1420 g/mol. The van der Waals surface area contributed by atoms with Crippen molar-refractivity contribution in [2.24, 2.45) is 16.5 Å². The van der Waals surface area contributed by atoms with E-state index in [4.69, 9.17) is 44.6 Å². The molecule has 0 bridgehead atoms. The van der Waals surface area contributed by atoms with Gasteiger partial charge >= 0.3 is 5.96 Å². The first kappa shape index (κ1) is 75.9. The third-order valence-corrected chi connectivity index (χ3v) is 17.9. The van der Waals surface area contributed by atoms with Crippen molar-refractivity contribution in [1.82, 2.24) is 42.5 Å². The Morgan fingerprint density at radius 1 is 0.610 bits per heavy atom. The summed E-state index contributed by atoms with van der Waals surface area (Å²) in [5, 5.41) is 163. The SMILES string of the molecule is COc1ccc(OC[C@@H]2O[C@@H](O[C@H]3[C@@H](O)[C@@H](O)[C@@H](Oc4ccc(C[C@H]5NC(=O)[C@@H]([C@H](C)c6ccccc6)NC(=O)CNC(=O)C(CO)NC(=O)[C@@H]([C@H](O)[C@@H]6CNC(N)=[N+]6[C@@H]6O[C@@H](CO)[C@H](O)[C@H](O)[C@@H]6O)NC(=O)[C@H]([C@H](O)[C@@H]6CNC(N)=N6)NC5=O)cc4)O[C@@H]3CO)[C@@H](O)[C@@H](O)[C@H]2O)cc1F. The van der Waals surface area contributed by atoms with E-state index in [1.807, 2.05) is 0 Å². The number of hydrogen-bond acceptors (Lipinski definition) is 31. The molecule has 9 rings (SSSR count). The summed E-state index contributed by atoms with van der Waals surface area (Å²) in [6.45, 7) is -3.55. The Labute approximate surface area is 568 Å². The molecule has 25 atom stereocenters. The lowest BCUT2D eigenvalue weighted by molar-refractivity contribution is -0.663. The predicted octanol–water partition coefficient (Wildman–Crippen LogP) is -12.1. The normalized spacial score (nSPS) is 35.1. The molecule has 0 radical (unpaired) electrons. The summed E-state index contributed by atoms with van der Waals surface area (Å²) in [7, 11) is 1.25. The Kier molecular flexibility index (Phi) is 25.4. The Bertz CT molecular complexity index is 3410. The summed E-state index contributed by atoms with van der Waals surface area (Å²) in [6.07, 6.45) is -32.2. The molecule has 0 aliphatic carbocycles. The highest BCUT2D eigenvalue weighted by Crippen LogP contribution is 2.33. The van der Waals surface area contributed by atoms with Gasteiger partial charge in [-0.05, 0) is 35.4 Å². The van der Waals surface area contributed by atoms with E-state index in [2.05, 4.69) is 47.5 Å². The zero-order chi connectivity index (χ0) is 72.5. The number of carbonyl (C=O) groups is 6. The van der Waals surface area contributed by atoms with E-state index in [0.29, 0.717) is 5.56 Å². The minimum atomic E-state index is -2.34. The first-order valence-electron chi connectivity index (χ1n) is 31.7. The van der Waals surface area contributed by atoms with Gasteiger partial charge in [0.05, 0.1) is 39.5 Å². The molecule has 6 aliphatic heterocycles. The Morgan fingerprint density at radius 3 is 1.87 bits per heavy atom. The smallest absolute Gasteiger partial charge is 0.346 e. The van der Waals surface area contributed by atoms with Crippen molar-refractivity contribution < 1.29 is 137 Å². The highest BCUT2D eigenvalue weighted by atomic mass is 19.1. The van der Waals surface area contributed by atoms with Crippen molar-refractivity contribution in [3.05, 3.63) is 89.7 Å². The predicted molar refractivity (Wildman–Crippen MR) is 334 cm³/mol. The number of guanidine groups is 2. The van der Waals surface area contributed by atoms with Crippen LogP contribution >= 0.6 is 0 Å². The van der Waals surface area contributed by atoms with Gasteiger partial charge in [0.15, 0.2) is 23.8 Å². The van der Waals surface area contributed by atoms with Crippen LogP contribution in [0.4, 0.5) is 4.39 Å². The number of rotatable bonds is 20. The lowest BCUT2D eigenvalue weighted by Gasteiger charge is -2.46. The number of halogens is 1. The number of nitrogens with one attached hydrogen (secondary N) is 8. The molecule has 3 aromatic carbocycles. The molecule has 6 aliphatic rings. The topological polar surface area (TPSA) is 594 Å². The second kappa shape index (κ2) is 33.4. The Hall–Kier alpha value is -8.33. The van der Waals surface area contributed by atoms with E-state index in [0.717, 1.165) is 10.6 Å². The van der Waals surface area contributed by atoms with Crippen LogP contribution in [0.5, 0.6) is 17.2 Å². The van der Waals surface area contributed by atoms with Gasteiger partial charge in [-0.1, -0.05) is 49.4 Å². The number of aliphatic imine (C=N–C) groups is 1. The van der Waals surface area contributed by atoms with Crippen molar-refractivity contribution in [3.8, 4) is 17.2 Å². The molecule has 6 heterocycles. The van der Waals surface area contributed by atoms with Crippen LogP contribution in [-0.4, -0.2) is 318 Å². The van der Waals surface area contributed by atoms with Gasteiger partial charge in [-0.2, -0.15) is 0 Å². The third-order valence-electron chi connectivity index (χ3n) is 17.9. The van der Waals surface area contributed by atoms with E-state index in [-0.39, 0.29) is 41.3 Å². The number of aliphatic hydroxyl groups excluding tert-OH is 13. The molecular weight excluding hydrogens is 1340 g/mol. The molecular formula is C61H84FN12O26+. The summed E-state index contributed by atoms with van der Waals surface area (Å²) < 4.78 is 54.8. The van der Waals surface area contributed by atoms with Crippen LogP contribution in [0.3, 0.4) is 0 Å². The number of carbonyl (C=O) groups excluding carboxylic acids is 6. The van der Waals surface area contributed by atoms with Gasteiger partial charge in [0, 0.05) is 24.9 Å². The van der Waals surface area contributed by atoms with Gasteiger partial charge in [-0.3, -0.25) is 39.8 Å². The van der Waals surface area contributed by atoms with Gasteiger partial charge in [0.25, 0.3) is 0 Å². The first-order chi connectivity index (χ1) is 47.7. The molecule has 3 aromatic rings. The maximum Gasteiger partial charge on any atom is 0.346 e. The molecule has 0 saturated carbocycles. The monoisotopic (exact) mass is 1420 g/mol. The zero-order valence-electron chi connectivity index (χ0n) is 53.6. The maximum atomic E-state index is 15.2. The molecule has 4 saturated heterocycles. The van der Waals surface area contributed by atoms with Crippen LogP contribution in [0.2, 0.25) is 0 Å². The standard InChI is InChI=1S/C61H83FN12O26/c1-23(25-6-4-3-5-7-25)38-54(91)68-29(14-24-8-10-26(11-9-24)96-58-50(88)47(85)51(35(21-77)98-58)100-59-49(87)46(84)44(82)36(99-59)22-95-27-12-13-33(94-2)28(62)15-27)53(90)72-39(41(79)30-16-66-60(63)70-30)56(93)73-40(55(92)69-31(19-75)52(89)65-18-37(78)71-38)42(80)32-17-67-61(64)74(32)57-48(86)45(83)43(81)34(20-76)97-57/h3-13,15,23,29-32,34-36,38-51,57-59,75-77,79-88H,14,16-22H2,1-2H3,(H11,63,64,65,66,67,68,69,70,71,72,73,78,89,90,91,92,93)/p+1/t23-,29-,30+,31?,32+,34+,35-,36+,38-,39+,40-,41-,42-,43+,44+,45+,46+,47+,48+,49+,50-,51-,57-,58+,59+/m1/s1. The van der Waals surface area contributed by atoms with Crippen LogP contribution in [0.25, 0.3) is 0 Å². The Morgan fingerprint density at radius 2 is 1.22 bits per heavy atom. The molecule has 6 amide bonds. The molecule has 25 N–H and O–H groups in total. The first-order valence-corrected chi connectivity index (χ1v) is 31.7. The second-order valence-corrected chi connectivity index (χ2v) is 24.5. The lowest BCUT2D eigenvalue weighted by atomic mass is 9.92. The van der Waals surface area contributed by atoms with E-state index >= 15 is 9.59 Å². The van der Waals surface area contributed by atoms with Crippen LogP contribution < -0.4 is 68.2 Å². The largest absolute Gasteiger partial charge is 0.494 e. The summed E-state index contributed by atoms with van der Waals surface area (Å²) in [6, 6.07) is 4.30. The van der Waals surface area contributed by atoms with E-state index in [1.54, 1.807) is 37.3 Å². The molecule has 0 spiro atoms. The number of aliphatic hydroxyl groups is 13. The summed E-state index contributed by atoms with van der Waals surface area (Å²) >= 11 is 0. The van der Waals surface area contributed by atoms with Crippen molar-refractivity contribution in [1.29, 1.82) is 0 Å². The number of nitrogens with two attached hydrogens (primary N) is 2. The molecule has 4 fully saturated rings. The van der Waals surface area contributed by atoms with Crippen LogP contribution in [-0.2, 0) is 54.1 Å². The number of ether oxygens (including phenoxy) is 7. The summed E-state index contributed by atoms with van der Waals surface area (Å²) in [5.41, 5.74) is 12.9. The average Bonchev–Trinajstić information content (AvgIpc) is 1.46. The number of methoxy groups -OCH3 is 1. The molecule has 38 nitrogen and oxygen atoms in total. The fourth-order valence-electron chi connectivity index (χ4n) is 12.2. The highest BCUT2D eigenvalue weighted by Gasteiger charge is 2.55. The lowest BCUT2D eigenvalue weighted by Crippen LogP contribution is -2.68. The second-order valence-electron chi connectivity index (χ2n) is 24.5. The van der Waals surface area contributed by atoms with E-state index < -0.39 is 240 Å². The van der Waals surface area contributed by atoms with Crippen molar-refractivity contribution in [2.45, 2.75) is 166 Å². The van der Waals surface area contributed by atoms with E-state index in [1.165, 1.54) is 43.5 Å². The molecule has 550 valence electrons. The number of amides is 6. The molecule has 100 heavy (non-hydrogen) atoms. The van der Waals surface area contributed by atoms with Gasteiger partial charge in [0.1, 0.15) is 146 Å². The summed E-state index contributed by atoms with van der Waals surface area (Å²) in [5.74, 6) is -9.84. The maximum absolute atomic E-state index is 15.2. The van der Waals surface area contributed by atoms with Gasteiger partial charge in [0.2, 0.25) is 48.0 Å². The minimum Gasteiger partial charge on any atom is -0.494 e. The quantitative estimate of drug-likeness (QED) is 0.0467. The molecule has 1 unspecified atom stereocenters. The number of hydrogen-bond donors (Lipinski definition) is 23. The van der Waals surface area contributed by atoms with E-state index in [9.17, 15) is 90.0 Å². The molecule has 39 heteroatoms. The van der Waals surface area contributed by atoms with Gasteiger partial charge < -0.3 is 142 Å². The van der Waals surface area contributed by atoms with Crippen LogP contribution in [0, 0.1) is 5.82 Å². The highest BCUT2D eigenvalue weighted by molar-refractivity contribution is 5.98. The van der Waals surface area contributed by atoms with Gasteiger partial charge in [-0.25, -0.2) is 14.0 Å². The zero-order valence-corrected chi connectivity index (χ0v) is 53.6. The third kappa shape index (κ3) is 17.2. The van der Waals surface area contributed by atoms with Gasteiger partial charge in [-0.15, -0.1) is 0 Å². The van der Waals surface area contributed by atoms with Crippen molar-refractivity contribution >= 4 is 47.4 Å². The fourth-order valence-corrected chi connectivity index (χ4v) is 12.2. The number of nitrogens with zero attached hydrogens (tertiary/aromatic N) is 2. The fraction of sp³-hybridized carbons (Fsp3) is 0.574. The minimum absolute atomic E-state index is 0.0286. The number of benzene rings is 3. The van der Waals surface area contributed by atoms with Crippen molar-refractivity contribution in [3.63, 3.8) is 0 Å². The van der Waals surface area contributed by atoms with Crippen LogP contribution in [0.15, 0.2) is 77.8 Å². The summed E-state index contributed by atoms with van der Waals surface area (Å²) in [4.78, 5) is 91.6.